The van der Waals surface area contributed by atoms with Gasteiger partial charge in [-0.2, -0.15) is 0 Å². The Morgan fingerprint density at radius 3 is 2.37 bits per heavy atom. The second-order valence-corrected chi connectivity index (χ2v) is 7.02. The average molecular weight is 266 g/mol. The SMILES string of the molecule is CCCNC1CCN(C2CCCCC2C(C)C)CC1. The molecule has 112 valence electrons. The van der Waals surface area contributed by atoms with E-state index in [0.717, 1.165) is 23.9 Å². The predicted octanol–water partition coefficient (Wildman–Crippen LogP) is 3.67. The van der Waals surface area contributed by atoms with Crippen LogP contribution in [0, 0.1) is 11.8 Å². The van der Waals surface area contributed by atoms with Crippen LogP contribution in [0.1, 0.15) is 65.7 Å². The molecule has 2 fully saturated rings. The van der Waals surface area contributed by atoms with Crippen molar-refractivity contribution in [1.82, 2.24) is 10.2 Å². The van der Waals surface area contributed by atoms with E-state index in [1.165, 1.54) is 64.6 Å². The van der Waals surface area contributed by atoms with E-state index < -0.39 is 0 Å². The van der Waals surface area contributed by atoms with Crippen molar-refractivity contribution in [2.24, 2.45) is 11.8 Å². The van der Waals surface area contributed by atoms with E-state index >= 15 is 0 Å². The van der Waals surface area contributed by atoms with Gasteiger partial charge in [-0.15, -0.1) is 0 Å². The van der Waals surface area contributed by atoms with Crippen LogP contribution in [0.3, 0.4) is 0 Å². The summed E-state index contributed by atoms with van der Waals surface area (Å²) in [5.41, 5.74) is 0. The predicted molar refractivity (Wildman–Crippen MR) is 83.5 cm³/mol. The molecular weight excluding hydrogens is 232 g/mol. The van der Waals surface area contributed by atoms with Crippen LogP contribution in [0.5, 0.6) is 0 Å². The normalized spacial score (nSPS) is 30.9. The lowest BCUT2D eigenvalue weighted by Gasteiger charge is -2.45. The van der Waals surface area contributed by atoms with E-state index in [4.69, 9.17) is 0 Å². The van der Waals surface area contributed by atoms with Gasteiger partial charge >= 0.3 is 0 Å². The third-order valence-corrected chi connectivity index (χ3v) is 5.32. The Morgan fingerprint density at radius 1 is 1.05 bits per heavy atom. The molecule has 0 bridgehead atoms. The van der Waals surface area contributed by atoms with Crippen molar-refractivity contribution in [3.8, 4) is 0 Å². The quantitative estimate of drug-likeness (QED) is 0.817. The maximum absolute atomic E-state index is 3.70. The number of likely N-dealkylation sites (tertiary alicyclic amines) is 1. The summed E-state index contributed by atoms with van der Waals surface area (Å²) in [5, 5.41) is 3.70. The Morgan fingerprint density at radius 2 is 1.74 bits per heavy atom. The topological polar surface area (TPSA) is 15.3 Å². The lowest BCUT2D eigenvalue weighted by Crippen LogP contribution is -2.50. The first kappa shape index (κ1) is 15.3. The third kappa shape index (κ3) is 4.19. The zero-order valence-electron chi connectivity index (χ0n) is 13.3. The van der Waals surface area contributed by atoms with E-state index in [1.54, 1.807) is 0 Å². The fourth-order valence-corrected chi connectivity index (χ4v) is 4.15. The van der Waals surface area contributed by atoms with Crippen LogP contribution in [0.25, 0.3) is 0 Å². The Labute approximate surface area is 120 Å². The van der Waals surface area contributed by atoms with Crippen LogP contribution in [-0.2, 0) is 0 Å². The Kier molecular flexibility index (Phi) is 6.15. The van der Waals surface area contributed by atoms with Crippen molar-refractivity contribution in [2.45, 2.75) is 77.8 Å². The molecule has 0 aromatic rings. The highest BCUT2D eigenvalue weighted by Gasteiger charge is 2.33. The molecule has 1 saturated carbocycles. The molecule has 1 N–H and O–H groups in total. The van der Waals surface area contributed by atoms with Gasteiger partial charge in [0.1, 0.15) is 0 Å². The van der Waals surface area contributed by atoms with Gasteiger partial charge in [-0.1, -0.05) is 33.6 Å². The van der Waals surface area contributed by atoms with Crippen LogP contribution >= 0.6 is 0 Å². The molecule has 0 aromatic heterocycles. The highest BCUT2D eigenvalue weighted by Crippen LogP contribution is 2.34. The number of hydrogen-bond donors (Lipinski definition) is 1. The second kappa shape index (κ2) is 7.64. The molecule has 2 heteroatoms. The summed E-state index contributed by atoms with van der Waals surface area (Å²) >= 11 is 0. The van der Waals surface area contributed by atoms with Gasteiger partial charge in [0.2, 0.25) is 0 Å². The van der Waals surface area contributed by atoms with Gasteiger partial charge in [0.05, 0.1) is 0 Å². The molecule has 1 heterocycles. The Bertz CT molecular complexity index is 244. The highest BCUT2D eigenvalue weighted by atomic mass is 15.2. The molecule has 2 unspecified atom stereocenters. The van der Waals surface area contributed by atoms with E-state index in [1.807, 2.05) is 0 Å². The van der Waals surface area contributed by atoms with Crippen molar-refractivity contribution >= 4 is 0 Å². The first-order valence-corrected chi connectivity index (χ1v) is 8.69. The lowest BCUT2D eigenvalue weighted by molar-refractivity contribution is 0.0557. The van der Waals surface area contributed by atoms with Gasteiger partial charge in [0.25, 0.3) is 0 Å². The van der Waals surface area contributed by atoms with Crippen molar-refractivity contribution < 1.29 is 0 Å². The van der Waals surface area contributed by atoms with E-state index in [2.05, 4.69) is 31.0 Å². The molecule has 2 aliphatic rings. The molecule has 2 rings (SSSR count). The summed E-state index contributed by atoms with van der Waals surface area (Å²) in [6.45, 7) is 11.0. The van der Waals surface area contributed by atoms with E-state index in [0.29, 0.717) is 0 Å². The molecule has 19 heavy (non-hydrogen) atoms. The van der Waals surface area contributed by atoms with Crippen LogP contribution in [-0.4, -0.2) is 36.6 Å². The minimum absolute atomic E-state index is 0.789. The largest absolute Gasteiger partial charge is 0.314 e. The van der Waals surface area contributed by atoms with E-state index in [-0.39, 0.29) is 0 Å². The van der Waals surface area contributed by atoms with Gasteiger partial charge in [0.15, 0.2) is 0 Å². The van der Waals surface area contributed by atoms with Crippen LogP contribution in [0.15, 0.2) is 0 Å². The Hall–Kier alpha value is -0.0800. The smallest absolute Gasteiger partial charge is 0.0126 e. The van der Waals surface area contributed by atoms with Gasteiger partial charge < -0.3 is 5.32 Å². The number of hydrogen-bond acceptors (Lipinski definition) is 2. The summed E-state index contributed by atoms with van der Waals surface area (Å²) < 4.78 is 0. The molecule has 0 aromatic carbocycles. The first-order chi connectivity index (χ1) is 9.22. The zero-order valence-corrected chi connectivity index (χ0v) is 13.3. The maximum Gasteiger partial charge on any atom is 0.0126 e. The Balaban J connectivity index is 1.82. The van der Waals surface area contributed by atoms with Crippen LogP contribution in [0.4, 0.5) is 0 Å². The summed E-state index contributed by atoms with van der Waals surface area (Å²) in [4.78, 5) is 2.83. The van der Waals surface area contributed by atoms with Crippen molar-refractivity contribution in [3.63, 3.8) is 0 Å². The third-order valence-electron chi connectivity index (χ3n) is 5.32. The minimum Gasteiger partial charge on any atom is -0.314 e. The standard InChI is InChI=1S/C17H34N2/c1-4-11-18-15-9-12-19(13-10-15)17-8-6-5-7-16(17)14(2)3/h14-18H,4-13H2,1-3H3. The van der Waals surface area contributed by atoms with Crippen molar-refractivity contribution in [2.75, 3.05) is 19.6 Å². The molecule has 2 nitrogen and oxygen atoms in total. The second-order valence-electron chi connectivity index (χ2n) is 7.02. The molecule has 0 spiro atoms. The van der Waals surface area contributed by atoms with Crippen LogP contribution < -0.4 is 5.32 Å². The number of piperidine rings is 1. The summed E-state index contributed by atoms with van der Waals surface area (Å²) in [6.07, 6.45) is 9.84. The fourth-order valence-electron chi connectivity index (χ4n) is 4.15. The molecule has 0 amide bonds. The maximum atomic E-state index is 3.70. The van der Waals surface area contributed by atoms with Gasteiger partial charge in [-0.3, -0.25) is 4.90 Å². The van der Waals surface area contributed by atoms with Gasteiger partial charge in [-0.25, -0.2) is 0 Å². The first-order valence-electron chi connectivity index (χ1n) is 8.69. The summed E-state index contributed by atoms with van der Waals surface area (Å²) in [7, 11) is 0. The zero-order chi connectivity index (χ0) is 13.7. The van der Waals surface area contributed by atoms with Crippen LogP contribution in [0.2, 0.25) is 0 Å². The van der Waals surface area contributed by atoms with E-state index in [9.17, 15) is 0 Å². The van der Waals surface area contributed by atoms with Crippen molar-refractivity contribution in [1.29, 1.82) is 0 Å². The summed E-state index contributed by atoms with van der Waals surface area (Å²) in [6, 6.07) is 1.68. The fraction of sp³-hybridized carbons (Fsp3) is 1.00. The lowest BCUT2D eigenvalue weighted by atomic mass is 9.76. The number of rotatable bonds is 5. The van der Waals surface area contributed by atoms with Crippen molar-refractivity contribution in [3.05, 3.63) is 0 Å². The highest BCUT2D eigenvalue weighted by molar-refractivity contribution is 4.88. The molecule has 2 atom stereocenters. The molecule has 1 saturated heterocycles. The molecule has 1 aliphatic heterocycles. The molecule has 1 aliphatic carbocycles. The monoisotopic (exact) mass is 266 g/mol. The van der Waals surface area contributed by atoms with Gasteiger partial charge in [-0.05, 0) is 63.6 Å². The van der Waals surface area contributed by atoms with Gasteiger partial charge in [0, 0.05) is 12.1 Å². The number of nitrogens with zero attached hydrogens (tertiary/aromatic N) is 1. The number of nitrogens with one attached hydrogen (secondary N) is 1. The molecule has 0 radical (unpaired) electrons. The average Bonchev–Trinajstić information content (AvgIpc) is 2.45. The minimum atomic E-state index is 0.789. The molecular formula is C17H34N2. The summed E-state index contributed by atoms with van der Waals surface area (Å²) in [5.74, 6) is 1.81.